The Hall–Kier alpha value is -4.46. The molecule has 0 aliphatic carbocycles. The Morgan fingerprint density at radius 1 is 0.433 bits per heavy atom. The average Bonchev–Trinajstić information content (AvgIpc) is 3.18. The van der Waals surface area contributed by atoms with Gasteiger partial charge in [0.05, 0.1) is 22.3 Å². The second-order valence-electron chi connectivity index (χ2n) is 6.70. The molecule has 0 saturated carbocycles. The number of hydrogen-bond acceptors (Lipinski definition) is 8. The fourth-order valence-electron chi connectivity index (χ4n) is 3.30. The molecule has 2 heterocycles. The van der Waals surface area contributed by atoms with Crippen LogP contribution in [0.1, 0.15) is 41.4 Å². The number of rotatable bonds is 4. The molecule has 0 bridgehead atoms. The first-order valence-electron chi connectivity index (χ1n) is 8.93. The molecule has 0 aromatic heterocycles. The lowest BCUT2D eigenvalue weighted by Crippen LogP contribution is -1.97. The number of benzene rings is 3. The highest BCUT2D eigenvalue weighted by atomic mass is 16.6. The van der Waals surface area contributed by atoms with Gasteiger partial charge in [-0.25, -0.2) is 19.2 Å². The summed E-state index contributed by atoms with van der Waals surface area (Å²) in [6.45, 7) is 0. The summed E-state index contributed by atoms with van der Waals surface area (Å²) >= 11 is 0. The van der Waals surface area contributed by atoms with Gasteiger partial charge in [0, 0.05) is 22.7 Å². The minimum atomic E-state index is -0.655. The largest absolute Gasteiger partial charge is 0.386 e. The highest BCUT2D eigenvalue weighted by molar-refractivity contribution is 6.15. The second kappa shape index (κ2) is 6.56. The topological polar surface area (TPSA) is 111 Å². The minimum Gasteiger partial charge on any atom is -0.386 e. The third-order valence-corrected chi connectivity index (χ3v) is 4.75. The Kier molecular flexibility index (Phi) is 3.85. The van der Waals surface area contributed by atoms with E-state index in [1.165, 1.54) is 0 Å². The maximum Gasteiger partial charge on any atom is 0.346 e. The number of carbonyl (C=O) groups is 4. The lowest BCUT2D eigenvalue weighted by molar-refractivity contribution is 0.0425. The molecule has 30 heavy (non-hydrogen) atoms. The van der Waals surface area contributed by atoms with Crippen molar-refractivity contribution in [2.24, 2.45) is 0 Å². The standard InChI is InChI=1S/C22H12N2O6/c25-19-15-7-5-13(9-17(15)21(27)29-19)23-11-1-2-12(4-3-11)24-14-6-8-16-18(10-14)22(28)30-20(16)26/h1-10,23-24H. The van der Waals surface area contributed by atoms with Crippen LogP contribution >= 0.6 is 0 Å². The van der Waals surface area contributed by atoms with E-state index < -0.39 is 23.9 Å². The van der Waals surface area contributed by atoms with Crippen molar-refractivity contribution in [3.63, 3.8) is 0 Å². The molecule has 0 unspecified atom stereocenters. The van der Waals surface area contributed by atoms with Gasteiger partial charge in [-0.1, -0.05) is 0 Å². The lowest BCUT2D eigenvalue weighted by Gasteiger charge is -2.10. The summed E-state index contributed by atoms with van der Waals surface area (Å²) in [5, 5.41) is 6.32. The molecule has 0 amide bonds. The Balaban J connectivity index is 1.31. The highest BCUT2D eigenvalue weighted by Crippen LogP contribution is 2.28. The smallest absolute Gasteiger partial charge is 0.346 e. The van der Waals surface area contributed by atoms with Crippen LogP contribution in [-0.2, 0) is 9.47 Å². The molecule has 0 saturated heterocycles. The number of fused-ring (bicyclic) bond motifs is 2. The van der Waals surface area contributed by atoms with Gasteiger partial charge in [-0.05, 0) is 60.7 Å². The number of cyclic esters (lactones) is 4. The van der Waals surface area contributed by atoms with Crippen molar-refractivity contribution in [2.75, 3.05) is 10.6 Å². The zero-order chi connectivity index (χ0) is 20.8. The molecular weight excluding hydrogens is 388 g/mol. The average molecular weight is 400 g/mol. The fourth-order valence-corrected chi connectivity index (χ4v) is 3.30. The molecule has 2 N–H and O–H groups in total. The van der Waals surface area contributed by atoms with Crippen LogP contribution in [0, 0.1) is 0 Å². The van der Waals surface area contributed by atoms with E-state index >= 15 is 0 Å². The van der Waals surface area contributed by atoms with Crippen LogP contribution in [0.2, 0.25) is 0 Å². The zero-order valence-corrected chi connectivity index (χ0v) is 15.2. The van der Waals surface area contributed by atoms with E-state index in [4.69, 9.17) is 0 Å². The van der Waals surface area contributed by atoms with Crippen molar-refractivity contribution >= 4 is 46.6 Å². The normalized spacial score (nSPS) is 14.1. The first-order chi connectivity index (χ1) is 14.5. The van der Waals surface area contributed by atoms with E-state index in [0.29, 0.717) is 11.4 Å². The van der Waals surface area contributed by atoms with Gasteiger partial charge in [-0.3, -0.25) is 0 Å². The van der Waals surface area contributed by atoms with E-state index in [0.717, 1.165) is 11.4 Å². The summed E-state index contributed by atoms with van der Waals surface area (Å²) in [5.74, 6) is -2.58. The third kappa shape index (κ3) is 2.96. The summed E-state index contributed by atoms with van der Waals surface area (Å²) in [6.07, 6.45) is 0. The van der Waals surface area contributed by atoms with Crippen molar-refractivity contribution in [1.82, 2.24) is 0 Å². The molecule has 8 heteroatoms. The Bertz CT molecular complexity index is 1160. The Morgan fingerprint density at radius 3 is 1.17 bits per heavy atom. The zero-order valence-electron chi connectivity index (χ0n) is 15.2. The van der Waals surface area contributed by atoms with Crippen molar-refractivity contribution in [3.05, 3.63) is 82.9 Å². The quantitative estimate of drug-likeness (QED) is 0.503. The van der Waals surface area contributed by atoms with Crippen molar-refractivity contribution < 1.29 is 28.7 Å². The molecule has 3 aromatic carbocycles. The highest BCUT2D eigenvalue weighted by Gasteiger charge is 2.30. The molecule has 2 aliphatic heterocycles. The number of hydrogen-bond donors (Lipinski definition) is 2. The van der Waals surface area contributed by atoms with Gasteiger partial charge in [-0.2, -0.15) is 0 Å². The van der Waals surface area contributed by atoms with Crippen molar-refractivity contribution in [2.45, 2.75) is 0 Å². The molecule has 8 nitrogen and oxygen atoms in total. The summed E-state index contributed by atoms with van der Waals surface area (Å²) in [5.41, 5.74) is 3.79. The number of esters is 4. The lowest BCUT2D eigenvalue weighted by atomic mass is 10.1. The summed E-state index contributed by atoms with van der Waals surface area (Å²) < 4.78 is 9.18. The number of nitrogens with one attached hydrogen (secondary N) is 2. The Morgan fingerprint density at radius 2 is 0.767 bits per heavy atom. The maximum atomic E-state index is 11.7. The van der Waals surface area contributed by atoms with Gasteiger partial charge in [0.1, 0.15) is 0 Å². The second-order valence-corrected chi connectivity index (χ2v) is 6.70. The van der Waals surface area contributed by atoms with Gasteiger partial charge >= 0.3 is 23.9 Å². The van der Waals surface area contributed by atoms with E-state index in [1.807, 2.05) is 24.3 Å². The molecule has 0 spiro atoms. The van der Waals surface area contributed by atoms with Gasteiger partial charge in [0.2, 0.25) is 0 Å². The van der Waals surface area contributed by atoms with Crippen LogP contribution in [0.5, 0.6) is 0 Å². The first kappa shape index (κ1) is 17.6. The summed E-state index contributed by atoms with van der Waals surface area (Å²) in [7, 11) is 0. The predicted octanol–water partition coefficient (Wildman–Crippen LogP) is 3.80. The molecular formula is C22H12N2O6. The van der Waals surface area contributed by atoms with E-state index in [1.54, 1.807) is 36.4 Å². The predicted molar refractivity (Wildman–Crippen MR) is 105 cm³/mol. The minimum absolute atomic E-state index is 0.233. The van der Waals surface area contributed by atoms with Crippen LogP contribution in [0.25, 0.3) is 0 Å². The van der Waals surface area contributed by atoms with Crippen LogP contribution in [0.4, 0.5) is 22.7 Å². The molecule has 146 valence electrons. The summed E-state index contributed by atoms with van der Waals surface area (Å²) in [6, 6.07) is 16.9. The van der Waals surface area contributed by atoms with E-state index in [2.05, 4.69) is 20.1 Å². The van der Waals surface area contributed by atoms with Gasteiger partial charge in [0.15, 0.2) is 0 Å². The first-order valence-corrected chi connectivity index (χ1v) is 8.93. The van der Waals surface area contributed by atoms with Crippen LogP contribution < -0.4 is 10.6 Å². The molecule has 3 aromatic rings. The third-order valence-electron chi connectivity index (χ3n) is 4.75. The maximum absolute atomic E-state index is 11.7. The molecule has 2 aliphatic rings. The molecule has 0 radical (unpaired) electrons. The monoisotopic (exact) mass is 400 g/mol. The van der Waals surface area contributed by atoms with Crippen LogP contribution in [0.15, 0.2) is 60.7 Å². The van der Waals surface area contributed by atoms with Crippen molar-refractivity contribution in [1.29, 1.82) is 0 Å². The van der Waals surface area contributed by atoms with Crippen molar-refractivity contribution in [3.8, 4) is 0 Å². The molecule has 0 fully saturated rings. The van der Waals surface area contributed by atoms with Crippen LogP contribution in [-0.4, -0.2) is 23.9 Å². The van der Waals surface area contributed by atoms with Gasteiger partial charge in [-0.15, -0.1) is 0 Å². The van der Waals surface area contributed by atoms with Gasteiger partial charge < -0.3 is 20.1 Å². The molecule has 5 rings (SSSR count). The summed E-state index contributed by atoms with van der Waals surface area (Å²) in [4.78, 5) is 46.4. The van der Waals surface area contributed by atoms with E-state index in [-0.39, 0.29) is 22.3 Å². The number of anilines is 4. The number of carbonyl (C=O) groups excluding carboxylic acids is 4. The van der Waals surface area contributed by atoms with E-state index in [9.17, 15) is 19.2 Å². The van der Waals surface area contributed by atoms with Crippen LogP contribution in [0.3, 0.4) is 0 Å². The fraction of sp³-hybridized carbons (Fsp3) is 0. The van der Waals surface area contributed by atoms with Gasteiger partial charge in [0.25, 0.3) is 0 Å². The Labute approximate surface area is 169 Å². The SMILES string of the molecule is O=C1OC(=O)c2cc(Nc3ccc(Nc4ccc5c(c4)C(=O)OC5=O)cc3)ccc21. The molecule has 0 atom stereocenters. The number of ether oxygens (including phenoxy) is 2.